The summed E-state index contributed by atoms with van der Waals surface area (Å²) in [6.07, 6.45) is 10.4. The topological polar surface area (TPSA) is 3.24 Å². The van der Waals surface area contributed by atoms with Crippen LogP contribution in [-0.2, 0) is 0 Å². The van der Waals surface area contributed by atoms with Crippen LogP contribution in [0.3, 0.4) is 0 Å². The first-order chi connectivity index (χ1) is 5.38. The summed E-state index contributed by atoms with van der Waals surface area (Å²) < 4.78 is 0. The Morgan fingerprint density at radius 2 is 2.27 bits per heavy atom. The molecule has 0 saturated carbocycles. The fourth-order valence-electron chi connectivity index (χ4n) is 2.45. The van der Waals surface area contributed by atoms with Crippen molar-refractivity contribution in [2.45, 2.75) is 31.7 Å². The lowest BCUT2D eigenvalue weighted by atomic mass is 9.82. The summed E-state index contributed by atoms with van der Waals surface area (Å²) in [7, 11) is 2.26. The highest BCUT2D eigenvalue weighted by Crippen LogP contribution is 2.30. The molecule has 0 spiro atoms. The molecule has 0 aromatic heterocycles. The minimum Gasteiger partial charge on any atom is -0.300 e. The molecule has 1 fully saturated rings. The molecule has 1 heterocycles. The molecule has 2 atom stereocenters. The third-order valence-corrected chi connectivity index (χ3v) is 3.12. The van der Waals surface area contributed by atoms with Crippen LogP contribution in [0.25, 0.3) is 0 Å². The number of allylic oxidation sites excluding steroid dienone is 1. The number of piperidine rings is 1. The average Bonchev–Trinajstić information content (AvgIpc) is 2.06. The van der Waals surface area contributed by atoms with Gasteiger partial charge in [-0.2, -0.15) is 0 Å². The minimum absolute atomic E-state index is 0.775. The van der Waals surface area contributed by atoms with Crippen LogP contribution in [0.2, 0.25) is 0 Å². The van der Waals surface area contributed by atoms with E-state index in [1.54, 1.807) is 0 Å². The molecule has 0 radical (unpaired) electrons. The lowest BCUT2D eigenvalue weighted by molar-refractivity contribution is 0.143. The van der Waals surface area contributed by atoms with Crippen molar-refractivity contribution < 1.29 is 0 Å². The van der Waals surface area contributed by atoms with Gasteiger partial charge in [0.1, 0.15) is 0 Å². The smallest absolute Gasteiger partial charge is 0.0303 e. The molecular formula is C10H17N. The molecule has 0 aromatic rings. The first-order valence-corrected chi connectivity index (χ1v) is 4.75. The Morgan fingerprint density at radius 3 is 3.09 bits per heavy atom. The van der Waals surface area contributed by atoms with E-state index in [4.69, 9.17) is 0 Å². The largest absolute Gasteiger partial charge is 0.300 e. The van der Waals surface area contributed by atoms with E-state index < -0.39 is 0 Å². The fourth-order valence-corrected chi connectivity index (χ4v) is 2.45. The summed E-state index contributed by atoms with van der Waals surface area (Å²) >= 11 is 0. The van der Waals surface area contributed by atoms with E-state index in [-0.39, 0.29) is 0 Å². The fraction of sp³-hybridized carbons (Fsp3) is 0.800. The number of rotatable bonds is 0. The van der Waals surface area contributed by atoms with E-state index in [0.29, 0.717) is 0 Å². The SMILES string of the molecule is CN1CCCC2CCC=CC21. The van der Waals surface area contributed by atoms with Crippen molar-refractivity contribution in [1.82, 2.24) is 4.90 Å². The van der Waals surface area contributed by atoms with Gasteiger partial charge in [0, 0.05) is 6.04 Å². The van der Waals surface area contributed by atoms with Gasteiger partial charge in [0.2, 0.25) is 0 Å². The molecule has 1 nitrogen and oxygen atoms in total. The Labute approximate surface area is 69.1 Å². The Hall–Kier alpha value is -0.300. The lowest BCUT2D eigenvalue weighted by Crippen LogP contribution is -2.42. The molecule has 1 aliphatic heterocycles. The van der Waals surface area contributed by atoms with Gasteiger partial charge in [-0.3, -0.25) is 4.90 Å². The first-order valence-electron chi connectivity index (χ1n) is 4.75. The molecular weight excluding hydrogens is 134 g/mol. The predicted molar refractivity (Wildman–Crippen MR) is 47.5 cm³/mol. The Balaban J connectivity index is 2.09. The molecule has 0 aromatic carbocycles. The molecule has 0 amide bonds. The Kier molecular flexibility index (Phi) is 1.99. The molecule has 1 heteroatoms. The zero-order chi connectivity index (χ0) is 7.68. The Morgan fingerprint density at radius 1 is 1.36 bits per heavy atom. The van der Waals surface area contributed by atoms with E-state index in [2.05, 4.69) is 24.1 Å². The number of hydrogen-bond acceptors (Lipinski definition) is 1. The van der Waals surface area contributed by atoms with Gasteiger partial charge in [0.05, 0.1) is 0 Å². The van der Waals surface area contributed by atoms with Crippen LogP contribution in [-0.4, -0.2) is 24.5 Å². The first kappa shape index (κ1) is 7.35. The van der Waals surface area contributed by atoms with Crippen molar-refractivity contribution >= 4 is 0 Å². The maximum absolute atomic E-state index is 2.50. The quantitative estimate of drug-likeness (QED) is 0.479. The van der Waals surface area contributed by atoms with Gasteiger partial charge in [-0.25, -0.2) is 0 Å². The molecule has 2 aliphatic rings. The van der Waals surface area contributed by atoms with E-state index in [1.165, 1.54) is 32.2 Å². The highest BCUT2D eigenvalue weighted by Gasteiger charge is 2.27. The van der Waals surface area contributed by atoms with Crippen molar-refractivity contribution in [2.75, 3.05) is 13.6 Å². The summed E-state index contributed by atoms with van der Waals surface area (Å²) in [5, 5.41) is 0. The molecule has 0 bridgehead atoms. The molecule has 62 valence electrons. The van der Waals surface area contributed by atoms with Gasteiger partial charge >= 0.3 is 0 Å². The van der Waals surface area contributed by atoms with Gasteiger partial charge in [0.25, 0.3) is 0 Å². The van der Waals surface area contributed by atoms with Crippen molar-refractivity contribution in [3.05, 3.63) is 12.2 Å². The third kappa shape index (κ3) is 1.34. The normalized spacial score (nSPS) is 38.6. The number of nitrogens with zero attached hydrogens (tertiary/aromatic N) is 1. The average molecular weight is 151 g/mol. The number of hydrogen-bond donors (Lipinski definition) is 0. The van der Waals surface area contributed by atoms with Gasteiger partial charge in [-0.05, 0) is 45.2 Å². The van der Waals surface area contributed by atoms with E-state index in [1.807, 2.05) is 0 Å². The molecule has 1 aliphatic carbocycles. The summed E-state index contributed by atoms with van der Waals surface area (Å²) in [6, 6.07) is 0.775. The summed E-state index contributed by atoms with van der Waals surface area (Å²) in [4.78, 5) is 2.50. The third-order valence-electron chi connectivity index (χ3n) is 3.12. The van der Waals surface area contributed by atoms with Gasteiger partial charge < -0.3 is 0 Å². The highest BCUT2D eigenvalue weighted by molar-refractivity contribution is 5.03. The van der Waals surface area contributed by atoms with Crippen molar-refractivity contribution in [3.63, 3.8) is 0 Å². The van der Waals surface area contributed by atoms with Gasteiger partial charge in [0.15, 0.2) is 0 Å². The zero-order valence-electron chi connectivity index (χ0n) is 7.29. The second kappa shape index (κ2) is 2.98. The zero-order valence-corrected chi connectivity index (χ0v) is 7.29. The van der Waals surface area contributed by atoms with E-state index in [9.17, 15) is 0 Å². The van der Waals surface area contributed by atoms with Crippen LogP contribution in [0.1, 0.15) is 25.7 Å². The Bertz CT molecular complexity index is 162. The van der Waals surface area contributed by atoms with Crippen molar-refractivity contribution in [1.29, 1.82) is 0 Å². The van der Waals surface area contributed by atoms with Crippen molar-refractivity contribution in [3.8, 4) is 0 Å². The molecule has 2 unspecified atom stereocenters. The predicted octanol–water partition coefficient (Wildman–Crippen LogP) is 2.05. The standard InChI is InChI=1S/C10H17N/c1-11-8-4-6-9-5-2-3-7-10(9)11/h3,7,9-10H,2,4-6,8H2,1H3. The molecule has 0 N–H and O–H groups in total. The second-order valence-electron chi connectivity index (χ2n) is 3.88. The van der Waals surface area contributed by atoms with Crippen molar-refractivity contribution in [2.24, 2.45) is 5.92 Å². The monoisotopic (exact) mass is 151 g/mol. The van der Waals surface area contributed by atoms with Gasteiger partial charge in [-0.15, -0.1) is 0 Å². The summed E-state index contributed by atoms with van der Waals surface area (Å²) in [5.74, 6) is 0.971. The molecule has 1 saturated heterocycles. The molecule has 11 heavy (non-hydrogen) atoms. The molecule has 2 rings (SSSR count). The summed E-state index contributed by atoms with van der Waals surface area (Å²) in [5.41, 5.74) is 0. The van der Waals surface area contributed by atoms with Crippen LogP contribution < -0.4 is 0 Å². The maximum atomic E-state index is 2.50. The van der Waals surface area contributed by atoms with E-state index in [0.717, 1.165) is 12.0 Å². The van der Waals surface area contributed by atoms with E-state index >= 15 is 0 Å². The number of likely N-dealkylation sites (N-methyl/N-ethyl adjacent to an activating group) is 1. The number of fused-ring (bicyclic) bond motifs is 1. The number of likely N-dealkylation sites (tertiary alicyclic amines) is 1. The summed E-state index contributed by atoms with van der Waals surface area (Å²) in [6.45, 7) is 1.30. The second-order valence-corrected chi connectivity index (χ2v) is 3.88. The lowest BCUT2D eigenvalue weighted by Gasteiger charge is -2.39. The van der Waals surface area contributed by atoms with Crippen LogP contribution >= 0.6 is 0 Å². The highest BCUT2D eigenvalue weighted by atomic mass is 15.1. The van der Waals surface area contributed by atoms with Crippen LogP contribution in [0.4, 0.5) is 0 Å². The van der Waals surface area contributed by atoms with Crippen LogP contribution in [0, 0.1) is 5.92 Å². The van der Waals surface area contributed by atoms with Crippen LogP contribution in [0.5, 0.6) is 0 Å². The maximum Gasteiger partial charge on any atom is 0.0303 e. The van der Waals surface area contributed by atoms with Crippen LogP contribution in [0.15, 0.2) is 12.2 Å². The minimum atomic E-state index is 0.775. The van der Waals surface area contributed by atoms with Gasteiger partial charge in [-0.1, -0.05) is 12.2 Å².